The smallest absolute Gasteiger partial charge is 0.232 e. The standard InChI is InChI=1S/C19H22BrClN2O4S/c1-28(25,26)23(16-10-8-15(20)9-11-16)13-4-7-19(24)22-12-14-27-18-6-3-2-5-17(18)21/h2-3,5-6,8-11H,4,7,12-14H2,1H3,(H,22,24). The Hall–Kier alpha value is -1.77. The summed E-state index contributed by atoms with van der Waals surface area (Å²) in [5.41, 5.74) is 0.569. The topological polar surface area (TPSA) is 75.7 Å². The van der Waals surface area contributed by atoms with E-state index in [-0.39, 0.29) is 18.9 Å². The predicted molar refractivity (Wildman–Crippen MR) is 116 cm³/mol. The van der Waals surface area contributed by atoms with Crippen LogP contribution in [0, 0.1) is 0 Å². The summed E-state index contributed by atoms with van der Waals surface area (Å²) in [6.45, 7) is 0.862. The molecule has 28 heavy (non-hydrogen) atoms. The number of amides is 1. The van der Waals surface area contributed by atoms with E-state index in [4.69, 9.17) is 16.3 Å². The number of nitrogens with one attached hydrogen (secondary N) is 1. The maximum absolute atomic E-state index is 12.1. The van der Waals surface area contributed by atoms with Gasteiger partial charge < -0.3 is 10.1 Å². The third-order valence-electron chi connectivity index (χ3n) is 3.80. The van der Waals surface area contributed by atoms with Crippen LogP contribution in [0.2, 0.25) is 5.02 Å². The number of hydrogen-bond donors (Lipinski definition) is 1. The van der Waals surface area contributed by atoms with E-state index in [1.54, 1.807) is 36.4 Å². The molecule has 6 nitrogen and oxygen atoms in total. The lowest BCUT2D eigenvalue weighted by molar-refractivity contribution is -0.121. The van der Waals surface area contributed by atoms with Gasteiger partial charge >= 0.3 is 0 Å². The zero-order valence-electron chi connectivity index (χ0n) is 15.4. The monoisotopic (exact) mass is 488 g/mol. The number of hydrogen-bond acceptors (Lipinski definition) is 4. The molecule has 1 amide bonds. The number of ether oxygens (including phenoxy) is 1. The van der Waals surface area contributed by atoms with E-state index in [1.165, 1.54) is 4.31 Å². The molecule has 2 aromatic rings. The maximum Gasteiger partial charge on any atom is 0.232 e. The summed E-state index contributed by atoms with van der Waals surface area (Å²) in [7, 11) is -3.43. The van der Waals surface area contributed by atoms with Crippen LogP contribution in [0.3, 0.4) is 0 Å². The lowest BCUT2D eigenvalue weighted by atomic mass is 10.2. The molecule has 0 radical (unpaired) electrons. The van der Waals surface area contributed by atoms with Crippen LogP contribution in [0.25, 0.3) is 0 Å². The van der Waals surface area contributed by atoms with E-state index in [0.717, 1.165) is 10.7 Å². The van der Waals surface area contributed by atoms with Gasteiger partial charge in [0.15, 0.2) is 0 Å². The molecule has 0 aromatic heterocycles. The van der Waals surface area contributed by atoms with E-state index in [9.17, 15) is 13.2 Å². The van der Waals surface area contributed by atoms with Gasteiger partial charge in [-0.1, -0.05) is 39.7 Å². The van der Waals surface area contributed by atoms with Crippen molar-refractivity contribution in [2.24, 2.45) is 0 Å². The van der Waals surface area contributed by atoms with Gasteiger partial charge in [0, 0.05) is 17.4 Å². The fraction of sp³-hybridized carbons (Fsp3) is 0.316. The number of para-hydroxylation sites is 1. The van der Waals surface area contributed by atoms with E-state index in [1.807, 2.05) is 12.1 Å². The van der Waals surface area contributed by atoms with Crippen LogP contribution in [-0.2, 0) is 14.8 Å². The average molecular weight is 490 g/mol. The van der Waals surface area contributed by atoms with Gasteiger partial charge in [-0.25, -0.2) is 8.42 Å². The molecule has 0 aliphatic rings. The van der Waals surface area contributed by atoms with Crippen molar-refractivity contribution < 1.29 is 17.9 Å². The summed E-state index contributed by atoms with van der Waals surface area (Å²) in [5, 5.41) is 3.27. The minimum atomic E-state index is -3.43. The van der Waals surface area contributed by atoms with Gasteiger partial charge in [0.2, 0.25) is 15.9 Å². The number of carbonyl (C=O) groups is 1. The summed E-state index contributed by atoms with van der Waals surface area (Å²) >= 11 is 9.32. The highest BCUT2D eigenvalue weighted by Crippen LogP contribution is 2.23. The normalized spacial score (nSPS) is 11.1. The highest BCUT2D eigenvalue weighted by molar-refractivity contribution is 9.10. The van der Waals surface area contributed by atoms with Crippen LogP contribution in [0.4, 0.5) is 5.69 Å². The zero-order valence-corrected chi connectivity index (χ0v) is 18.6. The van der Waals surface area contributed by atoms with Crippen molar-refractivity contribution in [2.45, 2.75) is 12.8 Å². The van der Waals surface area contributed by atoms with Crippen LogP contribution in [0.5, 0.6) is 5.75 Å². The van der Waals surface area contributed by atoms with E-state index >= 15 is 0 Å². The summed E-state index contributed by atoms with van der Waals surface area (Å²) in [4.78, 5) is 12.0. The van der Waals surface area contributed by atoms with Gasteiger partial charge in [-0.2, -0.15) is 0 Å². The van der Waals surface area contributed by atoms with Gasteiger partial charge in [-0.15, -0.1) is 0 Å². The molecule has 0 atom stereocenters. The van der Waals surface area contributed by atoms with Crippen molar-refractivity contribution in [2.75, 3.05) is 30.3 Å². The van der Waals surface area contributed by atoms with Gasteiger partial charge in [0.25, 0.3) is 0 Å². The number of sulfonamides is 1. The average Bonchev–Trinajstić information content (AvgIpc) is 2.64. The predicted octanol–water partition coefficient (Wildman–Crippen LogP) is 3.84. The number of nitrogens with zero attached hydrogens (tertiary/aromatic N) is 1. The number of anilines is 1. The SMILES string of the molecule is CS(=O)(=O)N(CCCC(=O)NCCOc1ccccc1Cl)c1ccc(Br)cc1. The van der Waals surface area contributed by atoms with Gasteiger partial charge in [-0.3, -0.25) is 9.10 Å². The molecule has 0 saturated heterocycles. The van der Waals surface area contributed by atoms with E-state index in [2.05, 4.69) is 21.2 Å². The van der Waals surface area contributed by atoms with Crippen molar-refractivity contribution in [3.05, 3.63) is 58.0 Å². The van der Waals surface area contributed by atoms with Crippen molar-refractivity contribution in [1.29, 1.82) is 0 Å². The molecule has 0 saturated carbocycles. The highest BCUT2D eigenvalue weighted by atomic mass is 79.9. The first-order valence-electron chi connectivity index (χ1n) is 8.64. The molecule has 1 N–H and O–H groups in total. The summed E-state index contributed by atoms with van der Waals surface area (Å²) < 4.78 is 31.8. The van der Waals surface area contributed by atoms with E-state index in [0.29, 0.717) is 36.0 Å². The van der Waals surface area contributed by atoms with Crippen LogP contribution in [-0.4, -0.2) is 40.3 Å². The molecular formula is C19H22BrClN2O4S. The molecule has 0 bridgehead atoms. The fourth-order valence-electron chi connectivity index (χ4n) is 2.48. The minimum absolute atomic E-state index is 0.160. The highest BCUT2D eigenvalue weighted by Gasteiger charge is 2.17. The Morgan fingerprint density at radius 1 is 1.18 bits per heavy atom. The lowest BCUT2D eigenvalue weighted by Gasteiger charge is -2.22. The molecule has 152 valence electrons. The second-order valence-electron chi connectivity index (χ2n) is 6.04. The third-order valence-corrected chi connectivity index (χ3v) is 5.83. The summed E-state index contributed by atoms with van der Waals surface area (Å²) in [5.74, 6) is 0.406. The largest absolute Gasteiger partial charge is 0.490 e. The zero-order chi connectivity index (χ0) is 20.6. The first-order valence-corrected chi connectivity index (χ1v) is 11.7. The Morgan fingerprint density at radius 2 is 1.86 bits per heavy atom. The van der Waals surface area contributed by atoms with Gasteiger partial charge in [0.05, 0.1) is 23.5 Å². The molecule has 0 fully saturated rings. The summed E-state index contributed by atoms with van der Waals surface area (Å²) in [6, 6.07) is 14.1. The number of carbonyl (C=O) groups excluding carboxylic acids is 1. The Morgan fingerprint density at radius 3 is 2.50 bits per heavy atom. The first kappa shape index (κ1) is 22.5. The number of rotatable bonds is 10. The first-order chi connectivity index (χ1) is 13.3. The van der Waals surface area contributed by atoms with E-state index < -0.39 is 10.0 Å². The molecule has 0 unspecified atom stereocenters. The Bertz CT molecular complexity index is 891. The Kier molecular flexibility index (Phi) is 8.59. The van der Waals surface area contributed by atoms with Crippen LogP contribution in [0.15, 0.2) is 53.0 Å². The molecule has 2 aromatic carbocycles. The summed E-state index contributed by atoms with van der Waals surface area (Å²) in [6.07, 6.45) is 1.77. The van der Waals surface area contributed by atoms with Crippen LogP contribution >= 0.6 is 27.5 Å². The second-order valence-corrected chi connectivity index (χ2v) is 9.27. The van der Waals surface area contributed by atoms with Crippen molar-refractivity contribution in [3.63, 3.8) is 0 Å². The molecule has 0 aliphatic heterocycles. The molecule has 0 heterocycles. The van der Waals surface area contributed by atoms with Crippen molar-refractivity contribution in [1.82, 2.24) is 5.32 Å². The number of benzene rings is 2. The Labute approximate surface area is 179 Å². The van der Waals surface area contributed by atoms with Crippen LogP contribution < -0.4 is 14.4 Å². The fourth-order valence-corrected chi connectivity index (χ4v) is 3.90. The van der Waals surface area contributed by atoms with Crippen LogP contribution in [0.1, 0.15) is 12.8 Å². The quantitative estimate of drug-likeness (QED) is 0.515. The molecule has 0 aliphatic carbocycles. The Balaban J connectivity index is 1.75. The maximum atomic E-state index is 12.1. The second kappa shape index (κ2) is 10.7. The number of halogens is 2. The van der Waals surface area contributed by atoms with Crippen molar-refractivity contribution >= 4 is 49.1 Å². The third kappa shape index (κ3) is 7.33. The molecule has 9 heteroatoms. The lowest BCUT2D eigenvalue weighted by Crippen LogP contribution is -2.32. The van der Waals surface area contributed by atoms with Gasteiger partial charge in [-0.05, 0) is 42.8 Å². The molecule has 2 rings (SSSR count). The van der Waals surface area contributed by atoms with Gasteiger partial charge in [0.1, 0.15) is 12.4 Å². The molecular weight excluding hydrogens is 468 g/mol. The minimum Gasteiger partial charge on any atom is -0.490 e. The molecule has 0 spiro atoms. The van der Waals surface area contributed by atoms with Crippen molar-refractivity contribution in [3.8, 4) is 5.75 Å².